The second-order valence-electron chi connectivity index (χ2n) is 6.77. The monoisotopic (exact) mass is 392 g/mol. The standard InChI is InChI=1S/C20H30N2O4.C2H6/c1-13(2)18(23)11-10-14(3)19(24)17(15(4)21)12-26-20(25)22(5)16-8-6-7-9-16;1-2/h10-11,16,24H,1,6-9,12,21H2,2-5H3;1-2H3/b11-10-,17-15-,19-14+;. The molecule has 1 saturated carbocycles. The van der Waals surface area contributed by atoms with Gasteiger partial charge in [0, 0.05) is 24.4 Å². The van der Waals surface area contributed by atoms with Crippen LogP contribution in [0.2, 0.25) is 0 Å². The van der Waals surface area contributed by atoms with E-state index in [0.717, 1.165) is 25.7 Å². The van der Waals surface area contributed by atoms with Gasteiger partial charge in [-0.2, -0.15) is 0 Å². The van der Waals surface area contributed by atoms with Crippen LogP contribution in [0.3, 0.4) is 0 Å². The summed E-state index contributed by atoms with van der Waals surface area (Å²) in [6.45, 7) is 12.3. The van der Waals surface area contributed by atoms with Crippen LogP contribution in [0.5, 0.6) is 0 Å². The first-order valence-electron chi connectivity index (χ1n) is 9.78. The lowest BCUT2D eigenvalue weighted by Crippen LogP contribution is -2.36. The van der Waals surface area contributed by atoms with Crippen LogP contribution in [0.1, 0.15) is 60.3 Å². The van der Waals surface area contributed by atoms with E-state index < -0.39 is 6.09 Å². The molecule has 6 heteroatoms. The van der Waals surface area contributed by atoms with Gasteiger partial charge in [-0.1, -0.05) is 39.3 Å². The molecule has 0 bridgehead atoms. The molecule has 1 amide bonds. The van der Waals surface area contributed by atoms with Gasteiger partial charge in [-0.05, 0) is 50.8 Å². The van der Waals surface area contributed by atoms with E-state index in [1.54, 1.807) is 32.7 Å². The molecule has 0 radical (unpaired) electrons. The molecule has 0 aromatic rings. The minimum Gasteiger partial charge on any atom is -0.507 e. The van der Waals surface area contributed by atoms with E-state index in [-0.39, 0.29) is 24.2 Å². The van der Waals surface area contributed by atoms with Crippen molar-refractivity contribution in [1.29, 1.82) is 0 Å². The van der Waals surface area contributed by atoms with Gasteiger partial charge in [0.15, 0.2) is 5.78 Å². The summed E-state index contributed by atoms with van der Waals surface area (Å²) in [4.78, 5) is 25.4. The molecule has 0 spiro atoms. The van der Waals surface area contributed by atoms with Crippen LogP contribution in [0.15, 0.2) is 46.9 Å². The van der Waals surface area contributed by atoms with Crippen LogP contribution in [0.4, 0.5) is 4.79 Å². The molecule has 1 rings (SSSR count). The topological polar surface area (TPSA) is 92.9 Å². The summed E-state index contributed by atoms with van der Waals surface area (Å²) in [5.74, 6) is -0.330. The van der Waals surface area contributed by atoms with Crippen molar-refractivity contribution in [3.63, 3.8) is 0 Å². The Balaban J connectivity index is 0.00000352. The molecule has 0 saturated heterocycles. The number of allylic oxidation sites excluding steroid dienone is 5. The predicted molar refractivity (Wildman–Crippen MR) is 114 cm³/mol. The largest absolute Gasteiger partial charge is 0.507 e. The smallest absolute Gasteiger partial charge is 0.410 e. The Kier molecular flexibility index (Phi) is 11.7. The summed E-state index contributed by atoms with van der Waals surface area (Å²) in [5.41, 5.74) is 7.36. The first-order valence-corrected chi connectivity index (χ1v) is 9.78. The normalized spacial score (nSPS) is 15.9. The molecule has 3 N–H and O–H groups in total. The number of ether oxygens (including phenoxy) is 1. The number of nitrogens with zero attached hydrogens (tertiary/aromatic N) is 1. The summed E-state index contributed by atoms with van der Waals surface area (Å²) in [6.07, 6.45) is 6.58. The summed E-state index contributed by atoms with van der Waals surface area (Å²) >= 11 is 0. The van der Waals surface area contributed by atoms with Crippen molar-refractivity contribution in [2.24, 2.45) is 5.73 Å². The fraction of sp³-hybridized carbons (Fsp3) is 0.545. The molecular weight excluding hydrogens is 356 g/mol. The van der Waals surface area contributed by atoms with E-state index in [9.17, 15) is 14.7 Å². The third-order valence-electron chi connectivity index (χ3n) is 4.54. The zero-order valence-corrected chi connectivity index (χ0v) is 18.2. The van der Waals surface area contributed by atoms with E-state index in [0.29, 0.717) is 22.4 Å². The van der Waals surface area contributed by atoms with Crippen LogP contribution in [0.25, 0.3) is 0 Å². The number of amides is 1. The van der Waals surface area contributed by atoms with Crippen LogP contribution in [-0.2, 0) is 9.53 Å². The molecule has 0 unspecified atom stereocenters. The SMILES string of the molecule is C=C(C)C(=O)\C=C/C(C)=C(O)\C(COC(=O)N(C)C1CCCC1)=C(\C)N.CC. The van der Waals surface area contributed by atoms with Gasteiger partial charge in [-0.15, -0.1) is 0 Å². The van der Waals surface area contributed by atoms with Crippen molar-refractivity contribution in [2.75, 3.05) is 13.7 Å². The molecule has 158 valence electrons. The number of nitrogens with two attached hydrogens (primary N) is 1. The third kappa shape index (κ3) is 8.03. The van der Waals surface area contributed by atoms with Gasteiger partial charge in [-0.25, -0.2) is 4.79 Å². The lowest BCUT2D eigenvalue weighted by Gasteiger charge is -2.24. The van der Waals surface area contributed by atoms with Crippen LogP contribution in [0, 0.1) is 0 Å². The summed E-state index contributed by atoms with van der Waals surface area (Å²) in [6, 6.07) is 0.205. The van der Waals surface area contributed by atoms with E-state index in [1.165, 1.54) is 12.2 Å². The average molecular weight is 393 g/mol. The third-order valence-corrected chi connectivity index (χ3v) is 4.54. The molecule has 1 fully saturated rings. The second kappa shape index (κ2) is 12.8. The first kappa shape index (κ1) is 25.5. The van der Waals surface area contributed by atoms with Gasteiger partial charge in [-0.3, -0.25) is 4.79 Å². The van der Waals surface area contributed by atoms with Gasteiger partial charge in [0.05, 0.1) is 0 Å². The number of hydrogen-bond donors (Lipinski definition) is 2. The van der Waals surface area contributed by atoms with Gasteiger partial charge < -0.3 is 20.5 Å². The van der Waals surface area contributed by atoms with Crippen molar-refractivity contribution < 1.29 is 19.4 Å². The van der Waals surface area contributed by atoms with Crippen molar-refractivity contribution in [3.8, 4) is 0 Å². The summed E-state index contributed by atoms with van der Waals surface area (Å²) < 4.78 is 5.32. The Morgan fingerprint density at radius 2 is 1.71 bits per heavy atom. The Morgan fingerprint density at radius 3 is 2.18 bits per heavy atom. The Morgan fingerprint density at radius 1 is 1.18 bits per heavy atom. The molecular formula is C22H36N2O4. The number of rotatable bonds is 7. The van der Waals surface area contributed by atoms with Crippen LogP contribution in [-0.4, -0.2) is 41.6 Å². The molecule has 1 aliphatic rings. The highest BCUT2D eigenvalue weighted by molar-refractivity contribution is 6.03. The molecule has 0 atom stereocenters. The Labute approximate surface area is 169 Å². The van der Waals surface area contributed by atoms with Gasteiger partial charge >= 0.3 is 6.09 Å². The van der Waals surface area contributed by atoms with Gasteiger partial charge in [0.25, 0.3) is 0 Å². The lowest BCUT2D eigenvalue weighted by molar-refractivity contribution is -0.111. The maximum Gasteiger partial charge on any atom is 0.410 e. The summed E-state index contributed by atoms with van der Waals surface area (Å²) in [5, 5.41) is 10.4. The molecule has 1 aliphatic carbocycles. The van der Waals surface area contributed by atoms with E-state index >= 15 is 0 Å². The Hall–Kier alpha value is -2.50. The van der Waals surface area contributed by atoms with E-state index in [2.05, 4.69) is 6.58 Å². The predicted octanol–water partition coefficient (Wildman–Crippen LogP) is 4.79. The number of carbonyl (C=O) groups excluding carboxylic acids is 2. The van der Waals surface area contributed by atoms with Crippen molar-refractivity contribution >= 4 is 11.9 Å². The fourth-order valence-electron chi connectivity index (χ4n) is 2.71. The maximum absolute atomic E-state index is 12.2. The summed E-state index contributed by atoms with van der Waals surface area (Å²) in [7, 11) is 1.73. The first-order chi connectivity index (χ1) is 13.1. The zero-order chi connectivity index (χ0) is 21.9. The van der Waals surface area contributed by atoms with Crippen LogP contribution < -0.4 is 5.73 Å². The fourth-order valence-corrected chi connectivity index (χ4v) is 2.71. The lowest BCUT2D eigenvalue weighted by atomic mass is 10.1. The highest BCUT2D eigenvalue weighted by Gasteiger charge is 2.25. The number of aliphatic hydroxyl groups is 1. The van der Waals surface area contributed by atoms with Crippen LogP contribution >= 0.6 is 0 Å². The minimum absolute atomic E-state index is 0.105. The Bertz CT molecular complexity index is 649. The molecule has 0 aromatic heterocycles. The maximum atomic E-state index is 12.2. The number of carbonyl (C=O) groups is 2. The molecule has 0 aromatic carbocycles. The zero-order valence-electron chi connectivity index (χ0n) is 18.2. The van der Waals surface area contributed by atoms with Crippen molar-refractivity contribution in [3.05, 3.63) is 46.9 Å². The number of aliphatic hydroxyl groups excluding tert-OH is 1. The quantitative estimate of drug-likeness (QED) is 0.369. The average Bonchev–Trinajstić information content (AvgIpc) is 3.20. The minimum atomic E-state index is -0.436. The highest BCUT2D eigenvalue weighted by atomic mass is 16.6. The number of hydrogen-bond acceptors (Lipinski definition) is 5. The van der Waals surface area contributed by atoms with E-state index in [1.807, 2.05) is 13.8 Å². The highest BCUT2D eigenvalue weighted by Crippen LogP contribution is 2.23. The van der Waals surface area contributed by atoms with E-state index in [4.69, 9.17) is 10.5 Å². The number of ketones is 1. The van der Waals surface area contributed by atoms with Crippen molar-refractivity contribution in [2.45, 2.75) is 66.3 Å². The molecule has 6 nitrogen and oxygen atoms in total. The molecule has 0 heterocycles. The van der Waals surface area contributed by atoms with Gasteiger partial charge in [0.2, 0.25) is 0 Å². The van der Waals surface area contributed by atoms with Gasteiger partial charge in [0.1, 0.15) is 12.4 Å². The molecule has 28 heavy (non-hydrogen) atoms. The van der Waals surface area contributed by atoms with Crippen molar-refractivity contribution in [1.82, 2.24) is 4.90 Å². The molecule has 0 aliphatic heterocycles. The second-order valence-corrected chi connectivity index (χ2v) is 6.77.